The largest absolute Gasteiger partial charge is 0.496 e. The Morgan fingerprint density at radius 2 is 1.92 bits per heavy atom. The lowest BCUT2D eigenvalue weighted by Gasteiger charge is -2.09. The van der Waals surface area contributed by atoms with E-state index in [0.717, 1.165) is 11.3 Å². The van der Waals surface area contributed by atoms with E-state index >= 15 is 0 Å². The molecule has 25 heavy (non-hydrogen) atoms. The second-order valence-corrected chi connectivity index (χ2v) is 5.24. The molecule has 0 bridgehead atoms. The van der Waals surface area contributed by atoms with Crippen molar-refractivity contribution < 1.29 is 13.5 Å². The molecular formula is C19H14ClFN2O2. The number of aromatic nitrogens is 2. The van der Waals surface area contributed by atoms with Crippen LogP contribution in [0.3, 0.4) is 0 Å². The maximum absolute atomic E-state index is 13.8. The number of fused-ring (bicyclic) bond motifs is 1. The highest BCUT2D eigenvalue weighted by Crippen LogP contribution is 2.34. The van der Waals surface area contributed by atoms with E-state index in [0.29, 0.717) is 22.7 Å². The summed E-state index contributed by atoms with van der Waals surface area (Å²) in [5.41, 5.74) is 3.02. The molecule has 0 aliphatic carbocycles. The maximum atomic E-state index is 13.8. The molecule has 6 heteroatoms. The first-order valence-electron chi connectivity index (χ1n) is 7.41. The fraction of sp³-hybridized carbons (Fsp3) is 0.0526. The molecule has 0 saturated heterocycles. The fourth-order valence-electron chi connectivity index (χ4n) is 2.60. The predicted molar refractivity (Wildman–Crippen MR) is 96.4 cm³/mol. The third-order valence-corrected chi connectivity index (χ3v) is 3.76. The van der Waals surface area contributed by atoms with E-state index in [2.05, 4.69) is 9.97 Å². The quantitative estimate of drug-likeness (QED) is 0.510. The second kappa shape index (κ2) is 6.91. The van der Waals surface area contributed by atoms with Crippen molar-refractivity contribution >= 4 is 23.5 Å². The number of ether oxygens (including phenoxy) is 1. The van der Waals surface area contributed by atoms with Crippen molar-refractivity contribution in [1.82, 2.24) is 9.97 Å². The Morgan fingerprint density at radius 3 is 2.64 bits per heavy atom. The average Bonchev–Trinajstić information content (AvgIpc) is 3.08. The maximum Gasteiger partial charge on any atom is 0.227 e. The number of methoxy groups -OCH3 is 1. The summed E-state index contributed by atoms with van der Waals surface area (Å²) in [6.07, 6.45) is 1.73. The van der Waals surface area contributed by atoms with Crippen LogP contribution in [0, 0.1) is 5.82 Å². The first kappa shape index (κ1) is 16.9. The Bertz CT molecular complexity index is 1020. The van der Waals surface area contributed by atoms with Gasteiger partial charge in [0.2, 0.25) is 5.89 Å². The van der Waals surface area contributed by atoms with Gasteiger partial charge in [0, 0.05) is 17.3 Å². The summed E-state index contributed by atoms with van der Waals surface area (Å²) in [5.74, 6) is 0.568. The van der Waals surface area contributed by atoms with E-state index in [9.17, 15) is 4.39 Å². The van der Waals surface area contributed by atoms with E-state index in [4.69, 9.17) is 9.15 Å². The number of hydrogen-bond donors (Lipinski definition) is 0. The molecule has 126 valence electrons. The normalized spacial score (nSPS) is 10.5. The molecule has 0 aliphatic heterocycles. The molecule has 2 aromatic carbocycles. The number of oxazole rings is 1. The van der Waals surface area contributed by atoms with Crippen LogP contribution in [0.15, 0.2) is 65.2 Å². The molecule has 2 heterocycles. The zero-order chi connectivity index (χ0) is 16.5. The van der Waals surface area contributed by atoms with Crippen LogP contribution in [-0.4, -0.2) is 17.1 Å². The third kappa shape index (κ3) is 3.06. The molecule has 0 spiro atoms. The highest BCUT2D eigenvalue weighted by molar-refractivity contribution is 5.85. The monoisotopic (exact) mass is 356 g/mol. The summed E-state index contributed by atoms with van der Waals surface area (Å²) in [4.78, 5) is 8.68. The number of para-hydroxylation sites is 1. The van der Waals surface area contributed by atoms with Crippen LogP contribution in [0.1, 0.15) is 0 Å². The van der Waals surface area contributed by atoms with Crippen LogP contribution in [-0.2, 0) is 0 Å². The van der Waals surface area contributed by atoms with E-state index < -0.39 is 5.82 Å². The number of pyridine rings is 1. The molecule has 0 N–H and O–H groups in total. The van der Waals surface area contributed by atoms with Crippen molar-refractivity contribution in [2.45, 2.75) is 0 Å². The Kier molecular flexibility index (Phi) is 4.67. The lowest BCUT2D eigenvalue weighted by atomic mass is 10.1. The molecule has 0 radical (unpaired) electrons. The number of nitrogens with zero attached hydrogens (tertiary/aromatic N) is 2. The lowest BCUT2D eigenvalue weighted by Crippen LogP contribution is -1.91. The molecule has 4 rings (SSSR count). The lowest BCUT2D eigenvalue weighted by molar-refractivity contribution is 0.416. The molecule has 0 aliphatic rings. The van der Waals surface area contributed by atoms with Gasteiger partial charge in [-0.25, -0.2) is 9.37 Å². The Balaban J connectivity index is 0.00000182. The molecule has 0 amide bonds. The molecule has 4 aromatic rings. The highest BCUT2D eigenvalue weighted by atomic mass is 35.5. The van der Waals surface area contributed by atoms with Gasteiger partial charge < -0.3 is 9.15 Å². The number of rotatable bonds is 3. The minimum atomic E-state index is -0.427. The van der Waals surface area contributed by atoms with Crippen molar-refractivity contribution in [1.29, 1.82) is 0 Å². The Labute approximate surface area is 149 Å². The van der Waals surface area contributed by atoms with Crippen LogP contribution < -0.4 is 4.74 Å². The summed E-state index contributed by atoms with van der Waals surface area (Å²) in [6.45, 7) is 0. The van der Waals surface area contributed by atoms with Gasteiger partial charge in [-0.3, -0.25) is 4.98 Å². The number of benzene rings is 2. The third-order valence-electron chi connectivity index (χ3n) is 3.76. The van der Waals surface area contributed by atoms with Crippen LogP contribution in [0.25, 0.3) is 33.8 Å². The fourth-order valence-corrected chi connectivity index (χ4v) is 2.60. The van der Waals surface area contributed by atoms with E-state index in [1.165, 1.54) is 6.07 Å². The molecular weight excluding hydrogens is 343 g/mol. The van der Waals surface area contributed by atoms with Crippen LogP contribution in [0.2, 0.25) is 0 Å². The summed E-state index contributed by atoms with van der Waals surface area (Å²) in [7, 11) is 1.59. The van der Waals surface area contributed by atoms with E-state index in [1.54, 1.807) is 25.4 Å². The SMILES string of the molecule is COc1cc(-c2nc3cccc(F)c3o2)ccc1-c1ccccn1.Cl. The van der Waals surface area contributed by atoms with Crippen molar-refractivity contribution in [3.8, 4) is 28.5 Å². The molecule has 0 atom stereocenters. The summed E-state index contributed by atoms with van der Waals surface area (Å²) < 4.78 is 24.8. The summed E-state index contributed by atoms with van der Waals surface area (Å²) >= 11 is 0. The van der Waals surface area contributed by atoms with Crippen molar-refractivity contribution in [3.05, 3.63) is 66.6 Å². The van der Waals surface area contributed by atoms with Gasteiger partial charge >= 0.3 is 0 Å². The van der Waals surface area contributed by atoms with Gasteiger partial charge in [-0.05, 0) is 42.5 Å². The molecule has 0 saturated carbocycles. The predicted octanol–water partition coefficient (Wildman–Crippen LogP) is 5.13. The summed E-state index contributed by atoms with van der Waals surface area (Å²) in [6, 6.07) is 15.9. The average molecular weight is 357 g/mol. The topological polar surface area (TPSA) is 48.2 Å². The first-order valence-corrected chi connectivity index (χ1v) is 7.41. The van der Waals surface area contributed by atoms with Crippen LogP contribution in [0.5, 0.6) is 5.75 Å². The van der Waals surface area contributed by atoms with Crippen molar-refractivity contribution in [2.24, 2.45) is 0 Å². The molecule has 0 fully saturated rings. The Hall–Kier alpha value is -2.92. The van der Waals surface area contributed by atoms with Crippen molar-refractivity contribution in [2.75, 3.05) is 7.11 Å². The molecule has 0 unspecified atom stereocenters. The van der Waals surface area contributed by atoms with Gasteiger partial charge in [0.1, 0.15) is 11.3 Å². The van der Waals surface area contributed by atoms with E-state index in [-0.39, 0.29) is 18.0 Å². The van der Waals surface area contributed by atoms with Crippen molar-refractivity contribution in [3.63, 3.8) is 0 Å². The molecule has 2 aromatic heterocycles. The van der Waals surface area contributed by atoms with Crippen LogP contribution in [0.4, 0.5) is 4.39 Å². The van der Waals surface area contributed by atoms with Gasteiger partial charge in [0.05, 0.1) is 12.8 Å². The second-order valence-electron chi connectivity index (χ2n) is 5.24. The smallest absolute Gasteiger partial charge is 0.227 e. The summed E-state index contributed by atoms with van der Waals surface area (Å²) in [5, 5.41) is 0. The van der Waals surface area contributed by atoms with Gasteiger partial charge in [0.15, 0.2) is 11.4 Å². The minimum Gasteiger partial charge on any atom is -0.496 e. The number of hydrogen-bond acceptors (Lipinski definition) is 4. The zero-order valence-electron chi connectivity index (χ0n) is 13.3. The van der Waals surface area contributed by atoms with Gasteiger partial charge in [-0.2, -0.15) is 0 Å². The van der Waals surface area contributed by atoms with Crippen LogP contribution >= 0.6 is 12.4 Å². The first-order chi connectivity index (χ1) is 11.8. The Morgan fingerprint density at radius 1 is 1.04 bits per heavy atom. The standard InChI is InChI=1S/C19H13FN2O2.ClH/c1-23-17-11-12(8-9-13(17)15-6-2-3-10-21-15)19-22-16-7-4-5-14(20)18(16)24-19;/h2-11H,1H3;1H. The van der Waals surface area contributed by atoms with Gasteiger partial charge in [-0.15, -0.1) is 12.4 Å². The van der Waals surface area contributed by atoms with Gasteiger partial charge in [0.25, 0.3) is 0 Å². The number of halogens is 2. The zero-order valence-corrected chi connectivity index (χ0v) is 14.1. The van der Waals surface area contributed by atoms with E-state index in [1.807, 2.05) is 36.4 Å². The minimum absolute atomic E-state index is 0. The van der Waals surface area contributed by atoms with Gasteiger partial charge in [-0.1, -0.05) is 12.1 Å². The highest BCUT2D eigenvalue weighted by Gasteiger charge is 2.14. The molecule has 4 nitrogen and oxygen atoms in total.